The van der Waals surface area contributed by atoms with E-state index in [-0.39, 0.29) is 23.8 Å². The highest BCUT2D eigenvalue weighted by Crippen LogP contribution is 2.43. The van der Waals surface area contributed by atoms with Gasteiger partial charge in [-0.05, 0) is 39.3 Å². The highest BCUT2D eigenvalue weighted by molar-refractivity contribution is 5.78. The zero-order valence-corrected chi connectivity index (χ0v) is 12.2. The van der Waals surface area contributed by atoms with Gasteiger partial charge in [-0.1, -0.05) is 12.8 Å². The molecule has 0 heterocycles. The number of hydrogen-bond donors (Lipinski definition) is 2. The first-order valence-corrected chi connectivity index (χ1v) is 6.99. The molecule has 5 heteroatoms. The molecule has 0 radical (unpaired) electrons. The maximum absolute atomic E-state index is 12.0. The molecule has 1 atom stereocenters. The van der Waals surface area contributed by atoms with Crippen molar-refractivity contribution in [3.05, 3.63) is 0 Å². The van der Waals surface area contributed by atoms with Crippen LogP contribution in [0.1, 0.15) is 45.4 Å². The number of nitrogens with one attached hydrogen (secondary N) is 1. The fourth-order valence-corrected chi connectivity index (χ4v) is 2.71. The highest BCUT2D eigenvalue weighted by Gasteiger charge is 2.37. The number of nitrogens with zero attached hydrogens (tertiary/aromatic N) is 1. The van der Waals surface area contributed by atoms with E-state index in [9.17, 15) is 9.59 Å². The van der Waals surface area contributed by atoms with E-state index in [4.69, 9.17) is 5.11 Å². The number of amides is 1. The van der Waals surface area contributed by atoms with Gasteiger partial charge in [0, 0.05) is 19.0 Å². The minimum absolute atomic E-state index is 0.0168. The van der Waals surface area contributed by atoms with E-state index in [0.29, 0.717) is 13.0 Å². The average Bonchev–Trinajstić information content (AvgIpc) is 2.72. The molecule has 0 spiro atoms. The first-order valence-electron chi connectivity index (χ1n) is 6.99. The summed E-state index contributed by atoms with van der Waals surface area (Å²) in [5.74, 6) is -0.812. The number of carbonyl (C=O) groups excluding carboxylic acids is 1. The third kappa shape index (κ3) is 5.19. The van der Waals surface area contributed by atoms with Gasteiger partial charge in [-0.15, -0.1) is 0 Å². The fourth-order valence-electron chi connectivity index (χ4n) is 2.71. The normalized spacial score (nSPS) is 19.4. The quantitative estimate of drug-likeness (QED) is 0.735. The van der Waals surface area contributed by atoms with E-state index in [0.717, 1.165) is 25.7 Å². The molecule has 1 fully saturated rings. The fraction of sp³-hybridized carbons (Fsp3) is 0.857. The van der Waals surface area contributed by atoms with E-state index < -0.39 is 5.97 Å². The zero-order valence-electron chi connectivity index (χ0n) is 12.2. The van der Waals surface area contributed by atoms with E-state index in [2.05, 4.69) is 5.32 Å². The Labute approximate surface area is 115 Å². The lowest BCUT2D eigenvalue weighted by Gasteiger charge is -2.27. The van der Waals surface area contributed by atoms with Crippen molar-refractivity contribution in [1.29, 1.82) is 0 Å². The van der Waals surface area contributed by atoms with Crippen LogP contribution < -0.4 is 5.32 Å². The predicted molar refractivity (Wildman–Crippen MR) is 73.9 cm³/mol. The lowest BCUT2D eigenvalue weighted by Crippen LogP contribution is -2.40. The summed E-state index contributed by atoms with van der Waals surface area (Å²) >= 11 is 0. The van der Waals surface area contributed by atoms with Gasteiger partial charge in [0.2, 0.25) is 5.91 Å². The average molecular weight is 270 g/mol. The number of hydrogen-bond acceptors (Lipinski definition) is 3. The Morgan fingerprint density at radius 3 is 2.32 bits per heavy atom. The van der Waals surface area contributed by atoms with Gasteiger partial charge in [-0.2, -0.15) is 0 Å². The largest absolute Gasteiger partial charge is 0.481 e. The molecule has 0 aromatic carbocycles. The Morgan fingerprint density at radius 1 is 1.26 bits per heavy atom. The Hall–Kier alpha value is -1.10. The third-order valence-corrected chi connectivity index (χ3v) is 4.20. The second-order valence-corrected chi connectivity index (χ2v) is 6.07. The predicted octanol–water partition coefficient (Wildman–Crippen LogP) is 1.48. The van der Waals surface area contributed by atoms with Crippen LogP contribution in [0.15, 0.2) is 0 Å². The van der Waals surface area contributed by atoms with E-state index in [1.807, 2.05) is 25.9 Å². The summed E-state index contributed by atoms with van der Waals surface area (Å²) in [6.45, 7) is 2.65. The number of carbonyl (C=O) groups is 2. The molecule has 1 amide bonds. The van der Waals surface area contributed by atoms with E-state index in [1.54, 1.807) is 0 Å². The number of likely N-dealkylation sites (N-methyl/N-ethyl adjacent to an activating group) is 1. The molecular formula is C14H26N2O3. The van der Waals surface area contributed by atoms with E-state index >= 15 is 0 Å². The summed E-state index contributed by atoms with van der Waals surface area (Å²) in [5.41, 5.74) is -0.308. The van der Waals surface area contributed by atoms with Crippen LogP contribution >= 0.6 is 0 Å². The van der Waals surface area contributed by atoms with Crippen LogP contribution in [0.25, 0.3) is 0 Å². The van der Waals surface area contributed by atoms with Crippen molar-refractivity contribution in [3.8, 4) is 0 Å². The minimum atomic E-state index is -0.795. The van der Waals surface area contributed by atoms with Crippen molar-refractivity contribution in [2.45, 2.75) is 51.5 Å². The molecule has 0 bridgehead atoms. The van der Waals surface area contributed by atoms with Crippen LogP contribution in [0.4, 0.5) is 0 Å². The van der Waals surface area contributed by atoms with Crippen LogP contribution in [0, 0.1) is 5.41 Å². The van der Waals surface area contributed by atoms with Gasteiger partial charge >= 0.3 is 5.97 Å². The lowest BCUT2D eigenvalue weighted by molar-refractivity contribution is -0.140. The monoisotopic (exact) mass is 270 g/mol. The summed E-state index contributed by atoms with van der Waals surface area (Å²) in [4.78, 5) is 25.0. The zero-order chi connectivity index (χ0) is 14.5. The van der Waals surface area contributed by atoms with Crippen LogP contribution in [-0.4, -0.2) is 48.6 Å². The third-order valence-electron chi connectivity index (χ3n) is 4.20. The summed E-state index contributed by atoms with van der Waals surface area (Å²) < 4.78 is 0. The van der Waals surface area contributed by atoms with Crippen molar-refractivity contribution in [2.24, 2.45) is 5.41 Å². The number of aliphatic carboxylic acids is 1. The number of carboxylic acid groups (broad SMARTS) is 1. The van der Waals surface area contributed by atoms with Crippen molar-refractivity contribution >= 4 is 11.9 Å². The Morgan fingerprint density at radius 2 is 1.84 bits per heavy atom. The molecule has 0 saturated heterocycles. The lowest BCUT2D eigenvalue weighted by atomic mass is 9.79. The van der Waals surface area contributed by atoms with Crippen molar-refractivity contribution < 1.29 is 14.7 Å². The number of carboxylic acids is 1. The maximum atomic E-state index is 12.0. The summed E-state index contributed by atoms with van der Waals surface area (Å²) in [6, 6.07) is 0.281. The first kappa shape index (κ1) is 16.0. The van der Waals surface area contributed by atoms with Crippen molar-refractivity contribution in [1.82, 2.24) is 10.2 Å². The number of rotatable bonds is 7. The van der Waals surface area contributed by atoms with Crippen LogP contribution in [0.5, 0.6) is 0 Å². The molecule has 0 aromatic heterocycles. The molecule has 0 aromatic rings. The molecule has 1 aliphatic rings. The standard InChI is InChI=1S/C14H26N2O3/c1-11(16(2)3)10-15-12(17)8-14(9-13(18)19)6-4-5-7-14/h11H,4-10H2,1-3H3,(H,15,17)(H,18,19). The van der Waals surface area contributed by atoms with Gasteiger partial charge in [0.15, 0.2) is 0 Å². The van der Waals surface area contributed by atoms with Gasteiger partial charge in [-0.25, -0.2) is 0 Å². The van der Waals surface area contributed by atoms with Crippen LogP contribution in [0.3, 0.4) is 0 Å². The second-order valence-electron chi connectivity index (χ2n) is 6.07. The smallest absolute Gasteiger partial charge is 0.303 e. The maximum Gasteiger partial charge on any atom is 0.303 e. The van der Waals surface area contributed by atoms with Gasteiger partial charge in [-0.3, -0.25) is 9.59 Å². The molecule has 19 heavy (non-hydrogen) atoms. The van der Waals surface area contributed by atoms with Gasteiger partial charge in [0.25, 0.3) is 0 Å². The van der Waals surface area contributed by atoms with Crippen molar-refractivity contribution in [3.63, 3.8) is 0 Å². The molecule has 5 nitrogen and oxygen atoms in total. The van der Waals surface area contributed by atoms with Gasteiger partial charge in [0.05, 0.1) is 6.42 Å². The highest BCUT2D eigenvalue weighted by atomic mass is 16.4. The molecule has 1 saturated carbocycles. The second kappa shape index (κ2) is 6.89. The topological polar surface area (TPSA) is 69.6 Å². The molecule has 1 unspecified atom stereocenters. The molecule has 0 aliphatic heterocycles. The van der Waals surface area contributed by atoms with Crippen LogP contribution in [-0.2, 0) is 9.59 Å². The molecule has 110 valence electrons. The van der Waals surface area contributed by atoms with Gasteiger partial charge < -0.3 is 15.3 Å². The van der Waals surface area contributed by atoms with Crippen molar-refractivity contribution in [2.75, 3.05) is 20.6 Å². The minimum Gasteiger partial charge on any atom is -0.481 e. The SMILES string of the molecule is CC(CNC(=O)CC1(CC(=O)O)CCCC1)N(C)C. The van der Waals surface area contributed by atoms with Crippen LogP contribution in [0.2, 0.25) is 0 Å². The Balaban J connectivity index is 2.46. The first-order chi connectivity index (χ1) is 8.84. The molecular weight excluding hydrogens is 244 g/mol. The molecule has 1 rings (SSSR count). The summed E-state index contributed by atoms with van der Waals surface area (Å²) in [6.07, 6.45) is 4.25. The summed E-state index contributed by atoms with van der Waals surface area (Å²) in [5, 5.41) is 11.9. The molecule has 2 N–H and O–H groups in total. The molecule has 1 aliphatic carbocycles. The summed E-state index contributed by atoms with van der Waals surface area (Å²) in [7, 11) is 3.94. The van der Waals surface area contributed by atoms with E-state index in [1.165, 1.54) is 0 Å². The Kier molecular flexibility index (Phi) is 5.79. The Bertz CT molecular complexity index is 323. The van der Waals surface area contributed by atoms with Gasteiger partial charge in [0.1, 0.15) is 0 Å².